The first-order chi connectivity index (χ1) is 14.2. The van der Waals surface area contributed by atoms with Crippen molar-refractivity contribution in [2.45, 2.75) is 12.8 Å². The summed E-state index contributed by atoms with van der Waals surface area (Å²) in [4.78, 5) is 17.6. The van der Waals surface area contributed by atoms with Gasteiger partial charge in [0.05, 0.1) is 18.9 Å². The van der Waals surface area contributed by atoms with Crippen molar-refractivity contribution in [3.63, 3.8) is 0 Å². The number of nitrogens with two attached hydrogens (primary N) is 1. The van der Waals surface area contributed by atoms with Crippen LogP contribution in [0.15, 0.2) is 53.3 Å². The Morgan fingerprint density at radius 2 is 1.79 bits per heavy atom. The maximum Gasteiger partial charge on any atom is 0.250 e. The molecular formula is C23H23N3O3. The second-order valence-corrected chi connectivity index (χ2v) is 7.48. The number of hydrogen-bond donors (Lipinski definition) is 2. The Labute approximate surface area is 168 Å². The summed E-state index contributed by atoms with van der Waals surface area (Å²) < 4.78 is 11.8. The molecule has 148 valence electrons. The molecule has 0 saturated carbocycles. The van der Waals surface area contributed by atoms with Crippen molar-refractivity contribution in [2.75, 3.05) is 36.9 Å². The number of aromatic amines is 1. The average molecular weight is 389 g/mol. The van der Waals surface area contributed by atoms with Crippen LogP contribution < -0.4 is 20.9 Å². The summed E-state index contributed by atoms with van der Waals surface area (Å²) in [6, 6.07) is 15.5. The van der Waals surface area contributed by atoms with Crippen LogP contribution >= 0.6 is 0 Å². The quantitative estimate of drug-likeness (QED) is 0.657. The molecule has 0 amide bonds. The van der Waals surface area contributed by atoms with Crippen molar-refractivity contribution < 1.29 is 9.47 Å². The summed E-state index contributed by atoms with van der Waals surface area (Å²) in [6.45, 7) is 2.90. The van der Waals surface area contributed by atoms with E-state index in [1.54, 1.807) is 6.07 Å². The van der Waals surface area contributed by atoms with Crippen molar-refractivity contribution in [2.24, 2.45) is 0 Å². The monoisotopic (exact) mass is 389 g/mol. The number of nitrogens with one attached hydrogen (secondary N) is 1. The molecule has 5 rings (SSSR count). The van der Waals surface area contributed by atoms with Gasteiger partial charge in [0, 0.05) is 36.1 Å². The first kappa shape index (κ1) is 17.8. The number of fused-ring (bicyclic) bond motifs is 2. The number of aromatic nitrogens is 1. The minimum absolute atomic E-state index is 0.122. The molecule has 2 aliphatic rings. The summed E-state index contributed by atoms with van der Waals surface area (Å²) in [7, 11) is 0. The topological polar surface area (TPSA) is 80.6 Å². The van der Waals surface area contributed by atoms with Gasteiger partial charge >= 0.3 is 0 Å². The number of rotatable bonds is 2. The first-order valence-corrected chi connectivity index (χ1v) is 9.93. The summed E-state index contributed by atoms with van der Waals surface area (Å²) >= 11 is 0. The van der Waals surface area contributed by atoms with Crippen LogP contribution in [0.4, 0.5) is 11.4 Å². The smallest absolute Gasteiger partial charge is 0.250 e. The fourth-order valence-corrected chi connectivity index (χ4v) is 4.07. The van der Waals surface area contributed by atoms with Crippen molar-refractivity contribution in [3.8, 4) is 22.8 Å². The van der Waals surface area contributed by atoms with Gasteiger partial charge in [0.1, 0.15) is 11.5 Å². The zero-order chi connectivity index (χ0) is 19.8. The van der Waals surface area contributed by atoms with Gasteiger partial charge in [0.15, 0.2) is 0 Å². The standard InChI is InChI=1S/C23H23N3O3/c24-17-6-7-21-16(12-17)5-4-15-2-1-3-19(23(15)29-21)20-13-18(14-22(27)25-20)26-8-10-28-11-9-26/h1-3,6-7,12-14H,4-5,8-11,24H2,(H,25,27). The summed E-state index contributed by atoms with van der Waals surface area (Å²) in [5.41, 5.74) is 11.3. The fraction of sp³-hybridized carbons (Fsp3) is 0.261. The normalized spacial score (nSPS) is 15.8. The predicted octanol–water partition coefficient (Wildman–Crippen LogP) is 3.35. The van der Waals surface area contributed by atoms with Gasteiger partial charge in [-0.15, -0.1) is 0 Å². The zero-order valence-corrected chi connectivity index (χ0v) is 16.1. The van der Waals surface area contributed by atoms with E-state index in [0.717, 1.165) is 71.2 Å². The highest BCUT2D eigenvalue weighted by Crippen LogP contribution is 2.40. The van der Waals surface area contributed by atoms with Crippen LogP contribution in [0.1, 0.15) is 11.1 Å². The molecule has 1 saturated heterocycles. The number of morpholine rings is 1. The highest BCUT2D eigenvalue weighted by Gasteiger charge is 2.20. The third-order valence-corrected chi connectivity index (χ3v) is 5.55. The van der Waals surface area contributed by atoms with E-state index < -0.39 is 0 Å². The lowest BCUT2D eigenvalue weighted by Gasteiger charge is -2.29. The van der Waals surface area contributed by atoms with Crippen LogP contribution in [0.3, 0.4) is 0 Å². The molecule has 0 unspecified atom stereocenters. The summed E-state index contributed by atoms with van der Waals surface area (Å²) in [6.07, 6.45) is 1.72. The molecule has 3 aromatic rings. The minimum atomic E-state index is -0.122. The lowest BCUT2D eigenvalue weighted by atomic mass is 10.0. The van der Waals surface area contributed by atoms with Gasteiger partial charge in [-0.05, 0) is 54.3 Å². The van der Waals surface area contributed by atoms with E-state index in [2.05, 4.69) is 16.0 Å². The van der Waals surface area contributed by atoms with Gasteiger partial charge in [0.2, 0.25) is 5.56 Å². The molecular weight excluding hydrogens is 366 g/mol. The van der Waals surface area contributed by atoms with Crippen molar-refractivity contribution in [3.05, 3.63) is 70.0 Å². The Morgan fingerprint density at radius 3 is 2.66 bits per heavy atom. The fourth-order valence-electron chi connectivity index (χ4n) is 4.07. The number of nitrogens with zero attached hydrogens (tertiary/aromatic N) is 1. The van der Waals surface area contributed by atoms with Gasteiger partial charge in [-0.3, -0.25) is 4.79 Å². The molecule has 3 heterocycles. The highest BCUT2D eigenvalue weighted by atomic mass is 16.5. The van der Waals surface area contributed by atoms with E-state index in [1.165, 1.54) is 0 Å². The molecule has 0 spiro atoms. The maximum atomic E-state index is 12.4. The van der Waals surface area contributed by atoms with Crippen molar-refractivity contribution >= 4 is 11.4 Å². The van der Waals surface area contributed by atoms with Gasteiger partial charge in [-0.25, -0.2) is 0 Å². The van der Waals surface area contributed by atoms with Crippen LogP contribution in [0.25, 0.3) is 11.3 Å². The number of hydrogen-bond acceptors (Lipinski definition) is 5. The number of ether oxygens (including phenoxy) is 2. The third-order valence-electron chi connectivity index (χ3n) is 5.55. The predicted molar refractivity (Wildman–Crippen MR) is 114 cm³/mol. The molecule has 0 atom stereocenters. The highest BCUT2D eigenvalue weighted by molar-refractivity contribution is 5.73. The third kappa shape index (κ3) is 3.47. The molecule has 3 N–H and O–H groups in total. The molecule has 29 heavy (non-hydrogen) atoms. The number of H-pyrrole nitrogens is 1. The number of anilines is 2. The zero-order valence-electron chi connectivity index (χ0n) is 16.1. The second kappa shape index (κ2) is 7.29. The van der Waals surface area contributed by atoms with Gasteiger partial charge < -0.3 is 25.1 Å². The summed E-state index contributed by atoms with van der Waals surface area (Å²) in [5, 5.41) is 0. The van der Waals surface area contributed by atoms with Crippen LogP contribution in [0.2, 0.25) is 0 Å². The molecule has 6 heteroatoms. The van der Waals surface area contributed by atoms with Crippen LogP contribution in [0.5, 0.6) is 11.5 Å². The number of para-hydroxylation sites is 1. The first-order valence-electron chi connectivity index (χ1n) is 9.93. The largest absolute Gasteiger partial charge is 0.456 e. The molecule has 2 aromatic carbocycles. The van der Waals surface area contributed by atoms with E-state index in [0.29, 0.717) is 13.2 Å². The molecule has 1 fully saturated rings. The molecule has 0 bridgehead atoms. The maximum absolute atomic E-state index is 12.4. The minimum Gasteiger partial charge on any atom is -0.456 e. The van der Waals surface area contributed by atoms with Gasteiger partial charge in [-0.2, -0.15) is 0 Å². The van der Waals surface area contributed by atoms with E-state index in [1.807, 2.05) is 36.4 Å². The van der Waals surface area contributed by atoms with Gasteiger partial charge in [0.25, 0.3) is 0 Å². The van der Waals surface area contributed by atoms with Crippen LogP contribution in [-0.2, 0) is 17.6 Å². The Kier molecular flexibility index (Phi) is 4.48. The van der Waals surface area contributed by atoms with E-state index in [4.69, 9.17) is 15.2 Å². The van der Waals surface area contributed by atoms with Crippen molar-refractivity contribution in [1.29, 1.82) is 0 Å². The Balaban J connectivity index is 1.59. The van der Waals surface area contributed by atoms with E-state index in [9.17, 15) is 4.79 Å². The SMILES string of the molecule is Nc1ccc2c(c1)CCc1cccc(-c3cc(N4CCOCC4)cc(=O)[nH]3)c1O2. The Hall–Kier alpha value is -3.25. The second-order valence-electron chi connectivity index (χ2n) is 7.48. The number of aryl methyl sites for hydroxylation is 2. The number of benzene rings is 2. The molecule has 0 aliphatic carbocycles. The number of pyridine rings is 1. The summed E-state index contributed by atoms with van der Waals surface area (Å²) in [5.74, 6) is 1.61. The van der Waals surface area contributed by atoms with Crippen LogP contribution in [-0.4, -0.2) is 31.3 Å². The Morgan fingerprint density at radius 1 is 0.966 bits per heavy atom. The van der Waals surface area contributed by atoms with Crippen LogP contribution in [0, 0.1) is 0 Å². The van der Waals surface area contributed by atoms with Gasteiger partial charge in [-0.1, -0.05) is 12.1 Å². The lowest BCUT2D eigenvalue weighted by Crippen LogP contribution is -2.36. The average Bonchev–Trinajstić information content (AvgIpc) is 2.93. The molecule has 1 aromatic heterocycles. The molecule has 2 aliphatic heterocycles. The molecule has 0 radical (unpaired) electrons. The molecule has 6 nitrogen and oxygen atoms in total. The number of nitrogen functional groups attached to an aromatic ring is 1. The van der Waals surface area contributed by atoms with E-state index >= 15 is 0 Å². The lowest BCUT2D eigenvalue weighted by molar-refractivity contribution is 0.122. The van der Waals surface area contributed by atoms with E-state index in [-0.39, 0.29) is 5.56 Å². The van der Waals surface area contributed by atoms with Crippen molar-refractivity contribution in [1.82, 2.24) is 4.98 Å². The Bertz CT molecular complexity index is 1120.